The molecule has 0 aromatic rings. The first-order valence-electron chi connectivity index (χ1n) is 3.37. The third kappa shape index (κ3) is 11.6. The van der Waals surface area contributed by atoms with Crippen LogP contribution in [0.25, 0.3) is 0 Å². The lowest BCUT2D eigenvalue weighted by atomic mass is 10.1. The Bertz CT molecular complexity index is 201. The highest BCUT2D eigenvalue weighted by Crippen LogP contribution is 1.98. The highest BCUT2D eigenvalue weighted by molar-refractivity contribution is 5.13. The van der Waals surface area contributed by atoms with Crippen molar-refractivity contribution < 1.29 is 10.2 Å². The van der Waals surface area contributed by atoms with Gasteiger partial charge in [0.15, 0.2) is 0 Å². The summed E-state index contributed by atoms with van der Waals surface area (Å²) in [7, 11) is 0. The number of terminal acetylenes is 2. The van der Waals surface area contributed by atoms with Crippen LogP contribution in [0, 0.1) is 24.7 Å². The van der Waals surface area contributed by atoms with Crippen molar-refractivity contribution in [2.45, 2.75) is 25.6 Å². The van der Waals surface area contributed by atoms with Gasteiger partial charge in [-0.2, -0.15) is 0 Å². The summed E-state index contributed by atoms with van der Waals surface area (Å²) in [5.74, 6) is 4.21. The van der Waals surface area contributed by atoms with Crippen LogP contribution >= 0.6 is 0 Å². The largest absolute Gasteiger partial charge is 0.381 e. The van der Waals surface area contributed by atoms with Gasteiger partial charge in [0.25, 0.3) is 0 Å². The molecule has 2 nitrogen and oxygen atoms in total. The standard InChI is InChI=1S/C6H8O.C4H6O/c1-4-6(3,7)5-2;1-3-4(2)5/h1,5,7H,2H2,3H3;1,4-5H,2H3. The number of hydrogen-bond donors (Lipinski definition) is 2. The smallest absolute Gasteiger partial charge is 0.140 e. The molecule has 12 heavy (non-hydrogen) atoms. The zero-order valence-corrected chi connectivity index (χ0v) is 7.41. The molecule has 2 heteroatoms. The van der Waals surface area contributed by atoms with Gasteiger partial charge < -0.3 is 10.2 Å². The van der Waals surface area contributed by atoms with Crippen molar-refractivity contribution >= 4 is 0 Å². The molecule has 0 saturated carbocycles. The summed E-state index contributed by atoms with van der Waals surface area (Å²) in [6.45, 7) is 6.35. The van der Waals surface area contributed by atoms with Gasteiger partial charge in [0.05, 0.1) is 0 Å². The quantitative estimate of drug-likeness (QED) is 0.441. The molecular formula is C10H14O2. The summed E-state index contributed by atoms with van der Waals surface area (Å²) in [6.07, 6.45) is 10.2. The molecule has 0 aliphatic carbocycles. The lowest BCUT2D eigenvalue weighted by Crippen LogP contribution is -2.15. The number of aliphatic hydroxyl groups excluding tert-OH is 1. The van der Waals surface area contributed by atoms with Crippen LogP contribution in [0.1, 0.15) is 13.8 Å². The van der Waals surface area contributed by atoms with E-state index in [1.54, 1.807) is 6.92 Å². The molecule has 2 unspecified atom stereocenters. The summed E-state index contributed by atoms with van der Waals surface area (Å²) in [4.78, 5) is 0. The second-order valence-electron chi connectivity index (χ2n) is 2.34. The summed E-state index contributed by atoms with van der Waals surface area (Å²) in [5, 5.41) is 16.9. The molecule has 0 amide bonds. The molecule has 0 spiro atoms. The first-order chi connectivity index (χ1) is 5.39. The normalized spacial score (nSPS) is 15.2. The Morgan fingerprint density at radius 1 is 1.58 bits per heavy atom. The molecule has 0 fully saturated rings. The average molecular weight is 166 g/mol. The topological polar surface area (TPSA) is 40.5 Å². The third-order valence-corrected chi connectivity index (χ3v) is 0.931. The van der Waals surface area contributed by atoms with Crippen LogP contribution in [-0.4, -0.2) is 21.9 Å². The fraction of sp³-hybridized carbons (Fsp3) is 0.400. The van der Waals surface area contributed by atoms with E-state index in [9.17, 15) is 0 Å². The van der Waals surface area contributed by atoms with Crippen molar-refractivity contribution in [1.82, 2.24) is 0 Å². The first-order valence-corrected chi connectivity index (χ1v) is 3.37. The van der Waals surface area contributed by atoms with Crippen LogP contribution in [-0.2, 0) is 0 Å². The first kappa shape index (κ1) is 13.4. The van der Waals surface area contributed by atoms with Gasteiger partial charge in [-0.25, -0.2) is 0 Å². The van der Waals surface area contributed by atoms with Crippen LogP contribution in [0.4, 0.5) is 0 Å². The van der Waals surface area contributed by atoms with Crippen molar-refractivity contribution in [3.05, 3.63) is 12.7 Å². The van der Waals surface area contributed by atoms with Crippen molar-refractivity contribution in [2.24, 2.45) is 0 Å². The Labute approximate surface area is 73.9 Å². The Morgan fingerprint density at radius 3 is 1.92 bits per heavy atom. The third-order valence-electron chi connectivity index (χ3n) is 0.931. The van der Waals surface area contributed by atoms with Crippen LogP contribution in [0.3, 0.4) is 0 Å². The SMILES string of the molecule is C#CC(C)(O)C=C.C#CC(C)O. The molecule has 0 rings (SSSR count). The van der Waals surface area contributed by atoms with E-state index in [0.29, 0.717) is 0 Å². The van der Waals surface area contributed by atoms with Gasteiger partial charge in [0.1, 0.15) is 11.7 Å². The van der Waals surface area contributed by atoms with Crippen LogP contribution < -0.4 is 0 Å². The Hall–Kier alpha value is -1.22. The molecule has 2 N–H and O–H groups in total. The lowest BCUT2D eigenvalue weighted by molar-refractivity contribution is 0.175. The minimum Gasteiger partial charge on any atom is -0.381 e. The van der Waals surface area contributed by atoms with Crippen LogP contribution in [0.2, 0.25) is 0 Å². The van der Waals surface area contributed by atoms with Gasteiger partial charge in [-0.1, -0.05) is 18.4 Å². The van der Waals surface area contributed by atoms with Crippen molar-refractivity contribution in [2.75, 3.05) is 0 Å². The summed E-state index contributed by atoms with van der Waals surface area (Å²) in [5.41, 5.74) is -1.12. The van der Waals surface area contributed by atoms with E-state index in [0.717, 1.165) is 0 Å². The molecule has 66 valence electrons. The molecule has 2 atom stereocenters. The van der Waals surface area contributed by atoms with E-state index in [4.69, 9.17) is 16.6 Å². The maximum atomic E-state index is 8.78. The number of hydrogen-bond acceptors (Lipinski definition) is 2. The van der Waals surface area contributed by atoms with Crippen LogP contribution in [0.5, 0.6) is 0 Å². The number of rotatable bonds is 1. The van der Waals surface area contributed by atoms with E-state index in [1.807, 2.05) is 0 Å². The van der Waals surface area contributed by atoms with E-state index in [-0.39, 0.29) is 0 Å². The molecule has 0 aliphatic heterocycles. The minimum atomic E-state index is -1.12. The van der Waals surface area contributed by atoms with E-state index in [2.05, 4.69) is 24.8 Å². The Balaban J connectivity index is 0. The average Bonchev–Trinajstić information content (AvgIpc) is 2.05. The molecule has 0 aliphatic rings. The zero-order valence-electron chi connectivity index (χ0n) is 7.41. The molecule has 0 aromatic heterocycles. The fourth-order valence-electron chi connectivity index (χ4n) is 0.0589. The molecule has 0 aromatic carbocycles. The molecule has 0 saturated heterocycles. The lowest BCUT2D eigenvalue weighted by Gasteiger charge is -2.06. The van der Waals surface area contributed by atoms with Crippen molar-refractivity contribution in [1.29, 1.82) is 0 Å². The second kappa shape index (κ2) is 6.49. The van der Waals surface area contributed by atoms with E-state index >= 15 is 0 Å². The Kier molecular flexibility index (Phi) is 7.23. The number of aliphatic hydroxyl groups is 2. The van der Waals surface area contributed by atoms with Crippen molar-refractivity contribution in [3.8, 4) is 24.7 Å². The zero-order chi connectivity index (χ0) is 10.2. The summed E-state index contributed by atoms with van der Waals surface area (Å²) >= 11 is 0. The fourth-order valence-corrected chi connectivity index (χ4v) is 0.0589. The van der Waals surface area contributed by atoms with Crippen LogP contribution in [0.15, 0.2) is 12.7 Å². The maximum absolute atomic E-state index is 8.78. The van der Waals surface area contributed by atoms with Crippen molar-refractivity contribution in [3.63, 3.8) is 0 Å². The summed E-state index contributed by atoms with van der Waals surface area (Å²) in [6, 6.07) is 0. The van der Waals surface area contributed by atoms with Gasteiger partial charge in [-0.15, -0.1) is 12.8 Å². The summed E-state index contributed by atoms with van der Waals surface area (Å²) < 4.78 is 0. The molecule has 0 heterocycles. The van der Waals surface area contributed by atoms with E-state index in [1.165, 1.54) is 13.0 Å². The van der Waals surface area contributed by atoms with Gasteiger partial charge >= 0.3 is 0 Å². The molecule has 0 bridgehead atoms. The predicted octanol–water partition coefficient (Wildman–Crippen LogP) is 0.557. The highest BCUT2D eigenvalue weighted by Gasteiger charge is 2.07. The van der Waals surface area contributed by atoms with E-state index < -0.39 is 11.7 Å². The predicted molar refractivity (Wildman–Crippen MR) is 50.2 cm³/mol. The molecular weight excluding hydrogens is 152 g/mol. The molecule has 0 radical (unpaired) electrons. The Morgan fingerprint density at radius 2 is 1.92 bits per heavy atom. The van der Waals surface area contributed by atoms with Gasteiger partial charge in [0.2, 0.25) is 0 Å². The van der Waals surface area contributed by atoms with Gasteiger partial charge in [-0.3, -0.25) is 0 Å². The van der Waals surface area contributed by atoms with Gasteiger partial charge in [0, 0.05) is 0 Å². The maximum Gasteiger partial charge on any atom is 0.140 e. The second-order valence-corrected chi connectivity index (χ2v) is 2.34. The van der Waals surface area contributed by atoms with Gasteiger partial charge in [-0.05, 0) is 19.9 Å². The highest BCUT2D eigenvalue weighted by atomic mass is 16.3. The minimum absolute atomic E-state index is 0.588. The monoisotopic (exact) mass is 166 g/mol.